The number of aromatic nitrogens is 2. The summed E-state index contributed by atoms with van der Waals surface area (Å²) in [6.07, 6.45) is 12.3. The predicted molar refractivity (Wildman–Crippen MR) is 163 cm³/mol. The van der Waals surface area contributed by atoms with E-state index >= 15 is 0 Å². The quantitative estimate of drug-likeness (QED) is 0.252. The van der Waals surface area contributed by atoms with Crippen LogP contribution in [0.25, 0.3) is 10.9 Å². The van der Waals surface area contributed by atoms with Gasteiger partial charge in [-0.3, -0.25) is 9.69 Å². The largest absolute Gasteiger partial charge is 0.491 e. The zero-order valence-electron chi connectivity index (χ0n) is 23.8. The van der Waals surface area contributed by atoms with Crippen LogP contribution in [0.5, 0.6) is 5.75 Å². The molecule has 1 amide bonds. The van der Waals surface area contributed by atoms with E-state index in [9.17, 15) is 9.18 Å². The highest BCUT2D eigenvalue weighted by molar-refractivity contribution is 6.31. The van der Waals surface area contributed by atoms with Gasteiger partial charge in [0.2, 0.25) is 5.91 Å². The van der Waals surface area contributed by atoms with E-state index in [0.29, 0.717) is 71.0 Å². The van der Waals surface area contributed by atoms with Gasteiger partial charge in [0, 0.05) is 42.3 Å². The first-order valence-electron chi connectivity index (χ1n) is 14.9. The minimum Gasteiger partial charge on any atom is -0.491 e. The summed E-state index contributed by atoms with van der Waals surface area (Å²) in [6.45, 7) is 5.26. The number of carbonyl (C=O) groups is 1. The smallest absolute Gasteiger partial charge is 0.248 e. The predicted octanol–water partition coefficient (Wildman–Crippen LogP) is 6.73. The molecule has 1 aromatic heterocycles. The summed E-state index contributed by atoms with van der Waals surface area (Å²) in [7, 11) is 0. The van der Waals surface area contributed by atoms with Crippen LogP contribution in [0.2, 0.25) is 5.02 Å². The van der Waals surface area contributed by atoms with Crippen molar-refractivity contribution in [1.29, 1.82) is 0 Å². The molecule has 1 saturated carbocycles. The third-order valence-electron chi connectivity index (χ3n) is 8.87. The standard InChI is InChI=1S/C32H37ClFN5O3/c1-20-4-2-5-21(20)11-13-41-30-16-28-25(32(36-19-35-28)37-22-7-10-27(34)26(33)14-22)15-29(30)38-31(40)6-3-12-39-17-24-9-8-23(39)18-42-24/h3,6-7,10,14-16,19-21,23-24H,2,4-5,8-9,11-13,17-18H2,1H3,(H,38,40)(H,35,36,37)/b6-3+. The van der Waals surface area contributed by atoms with Crippen LogP contribution in [0.1, 0.15) is 45.4 Å². The molecule has 2 aromatic carbocycles. The van der Waals surface area contributed by atoms with Crippen LogP contribution in [0, 0.1) is 17.7 Å². The fraction of sp³-hybridized carbons (Fsp3) is 0.469. The minimum atomic E-state index is -0.497. The number of hydrogen-bond acceptors (Lipinski definition) is 7. The Kier molecular flexibility index (Phi) is 8.88. The van der Waals surface area contributed by atoms with Crippen molar-refractivity contribution in [3.63, 3.8) is 0 Å². The Morgan fingerprint density at radius 2 is 2.12 bits per heavy atom. The van der Waals surface area contributed by atoms with Crippen molar-refractivity contribution in [2.75, 3.05) is 36.9 Å². The number of ether oxygens (including phenoxy) is 2. The lowest BCUT2D eigenvalue weighted by molar-refractivity contribution is -0.112. The summed E-state index contributed by atoms with van der Waals surface area (Å²) in [6, 6.07) is 8.47. The molecule has 42 heavy (non-hydrogen) atoms. The third-order valence-corrected chi connectivity index (χ3v) is 9.16. The van der Waals surface area contributed by atoms with E-state index in [1.807, 2.05) is 18.2 Å². The van der Waals surface area contributed by atoms with E-state index in [1.54, 1.807) is 12.1 Å². The van der Waals surface area contributed by atoms with Crippen molar-refractivity contribution in [2.24, 2.45) is 11.8 Å². The van der Waals surface area contributed by atoms with Gasteiger partial charge in [0.1, 0.15) is 23.7 Å². The molecule has 2 bridgehead atoms. The van der Waals surface area contributed by atoms with Crippen LogP contribution < -0.4 is 15.4 Å². The molecule has 4 heterocycles. The summed E-state index contributed by atoms with van der Waals surface area (Å²) in [5.74, 6) is 1.69. The Balaban J connectivity index is 1.21. The maximum absolute atomic E-state index is 13.7. The average molecular weight is 594 g/mol. The molecule has 7 rings (SSSR count). The number of anilines is 3. The van der Waals surface area contributed by atoms with E-state index in [0.717, 1.165) is 32.4 Å². The van der Waals surface area contributed by atoms with Crippen LogP contribution in [-0.4, -0.2) is 59.2 Å². The molecule has 8 nitrogen and oxygen atoms in total. The molecule has 4 unspecified atom stereocenters. The molecule has 4 atom stereocenters. The summed E-state index contributed by atoms with van der Waals surface area (Å²) in [4.78, 5) is 24.3. The zero-order chi connectivity index (χ0) is 29.1. The normalized spacial score (nSPS) is 24.0. The van der Waals surface area contributed by atoms with Gasteiger partial charge in [0.25, 0.3) is 0 Å². The van der Waals surface area contributed by atoms with Gasteiger partial charge in [-0.05, 0) is 55.4 Å². The van der Waals surface area contributed by atoms with Crippen molar-refractivity contribution in [1.82, 2.24) is 14.9 Å². The lowest BCUT2D eigenvalue weighted by Gasteiger charge is -2.44. The molecule has 2 N–H and O–H groups in total. The zero-order valence-corrected chi connectivity index (χ0v) is 24.6. The number of halogens is 2. The Morgan fingerprint density at radius 3 is 2.86 bits per heavy atom. The number of rotatable bonds is 10. The van der Waals surface area contributed by atoms with E-state index < -0.39 is 5.82 Å². The van der Waals surface area contributed by atoms with Crippen LogP contribution >= 0.6 is 11.6 Å². The highest BCUT2D eigenvalue weighted by atomic mass is 35.5. The molecule has 3 saturated heterocycles. The first kappa shape index (κ1) is 28.8. The van der Waals surface area contributed by atoms with Gasteiger partial charge in [0.05, 0.1) is 35.5 Å². The van der Waals surface area contributed by atoms with Crippen molar-refractivity contribution in [3.8, 4) is 5.75 Å². The third kappa shape index (κ3) is 6.69. The molecular formula is C32H37ClFN5O3. The summed E-state index contributed by atoms with van der Waals surface area (Å²) in [5, 5.41) is 6.91. The van der Waals surface area contributed by atoms with Crippen LogP contribution in [0.15, 0.2) is 48.8 Å². The van der Waals surface area contributed by atoms with Gasteiger partial charge in [-0.2, -0.15) is 0 Å². The number of carbonyl (C=O) groups excluding carboxylic acids is 1. The highest BCUT2D eigenvalue weighted by Crippen LogP contribution is 2.36. The average Bonchev–Trinajstić information content (AvgIpc) is 3.40. The van der Waals surface area contributed by atoms with Crippen molar-refractivity contribution >= 4 is 45.6 Å². The van der Waals surface area contributed by atoms with E-state index in [2.05, 4.69) is 32.4 Å². The molecule has 3 aliphatic heterocycles. The number of hydrogen-bond donors (Lipinski definition) is 2. The molecular weight excluding hydrogens is 557 g/mol. The van der Waals surface area contributed by atoms with Crippen LogP contribution in [0.3, 0.4) is 0 Å². The fourth-order valence-corrected chi connectivity index (χ4v) is 6.59. The van der Waals surface area contributed by atoms with Gasteiger partial charge in [0.15, 0.2) is 0 Å². The van der Waals surface area contributed by atoms with Crippen LogP contribution in [0.4, 0.5) is 21.6 Å². The Bertz CT molecular complexity index is 1460. The lowest BCUT2D eigenvalue weighted by Crippen LogP contribution is -2.54. The van der Waals surface area contributed by atoms with Gasteiger partial charge in [-0.25, -0.2) is 14.4 Å². The Morgan fingerprint density at radius 1 is 1.21 bits per heavy atom. The van der Waals surface area contributed by atoms with Gasteiger partial charge in [-0.1, -0.05) is 43.9 Å². The van der Waals surface area contributed by atoms with Crippen molar-refractivity contribution < 1.29 is 18.7 Å². The summed E-state index contributed by atoms with van der Waals surface area (Å²) in [5.41, 5.74) is 1.77. The second-order valence-electron chi connectivity index (χ2n) is 11.7. The topological polar surface area (TPSA) is 88.6 Å². The molecule has 3 aromatic rings. The van der Waals surface area contributed by atoms with E-state index in [4.69, 9.17) is 21.1 Å². The number of piperidine rings is 1. The number of nitrogens with zero attached hydrogens (tertiary/aromatic N) is 3. The number of nitrogens with one attached hydrogen (secondary N) is 2. The number of morpholine rings is 1. The lowest BCUT2D eigenvalue weighted by atomic mass is 9.95. The Hall–Kier alpha value is -3.27. The molecule has 222 valence electrons. The first-order valence-corrected chi connectivity index (χ1v) is 15.3. The number of amides is 1. The van der Waals surface area contributed by atoms with Gasteiger partial charge >= 0.3 is 0 Å². The van der Waals surface area contributed by atoms with Crippen molar-refractivity contribution in [2.45, 2.75) is 57.6 Å². The second-order valence-corrected chi connectivity index (χ2v) is 12.1. The summed E-state index contributed by atoms with van der Waals surface area (Å²) >= 11 is 5.99. The van der Waals surface area contributed by atoms with E-state index in [1.165, 1.54) is 37.7 Å². The molecule has 10 heteroatoms. The molecule has 1 aliphatic carbocycles. The number of benzene rings is 2. The Labute approximate surface area is 250 Å². The molecule has 0 radical (unpaired) electrons. The highest BCUT2D eigenvalue weighted by Gasteiger charge is 2.33. The maximum Gasteiger partial charge on any atom is 0.248 e. The SMILES string of the molecule is CC1CCCC1CCOc1cc2ncnc(Nc3ccc(F)c(Cl)c3)c2cc1NC(=O)/C=C/CN1CC2CCC1CO2. The summed E-state index contributed by atoms with van der Waals surface area (Å²) < 4.78 is 25.8. The fourth-order valence-electron chi connectivity index (χ4n) is 6.41. The molecule has 4 fully saturated rings. The number of fused-ring (bicyclic) bond motifs is 4. The van der Waals surface area contributed by atoms with Crippen molar-refractivity contribution in [3.05, 3.63) is 59.7 Å². The van der Waals surface area contributed by atoms with Gasteiger partial charge in [-0.15, -0.1) is 0 Å². The molecule has 0 spiro atoms. The second kappa shape index (κ2) is 12.9. The first-order chi connectivity index (χ1) is 20.4. The van der Waals surface area contributed by atoms with Crippen LogP contribution in [-0.2, 0) is 9.53 Å². The maximum atomic E-state index is 13.7. The monoisotopic (exact) mass is 593 g/mol. The van der Waals surface area contributed by atoms with Gasteiger partial charge < -0.3 is 20.1 Å². The van der Waals surface area contributed by atoms with E-state index in [-0.39, 0.29) is 10.9 Å². The molecule has 4 aliphatic rings. The minimum absolute atomic E-state index is 0.00952.